The molecule has 206 valence electrons. The van der Waals surface area contributed by atoms with Gasteiger partial charge in [-0.25, -0.2) is 15.0 Å². The number of phenolic OH excluding ortho intramolecular Hbond substituents is 4. The third-order valence-corrected chi connectivity index (χ3v) is 5.57. The molecule has 1 aromatic heterocycles. The van der Waals surface area contributed by atoms with E-state index in [-0.39, 0.29) is 171 Å². The van der Waals surface area contributed by atoms with Crippen molar-refractivity contribution in [3.63, 3.8) is 0 Å². The number of phenols is 4. The second-order valence-electron chi connectivity index (χ2n) is 8.52. The number of carbonyl (C=O) groups is 2. The molecule has 0 saturated heterocycles. The fraction of sp³-hybridized carbons (Fsp3) is 0.148. The van der Waals surface area contributed by atoms with Crippen LogP contribution in [0.15, 0.2) is 54.6 Å². The van der Waals surface area contributed by atoms with Crippen LogP contribution in [0.3, 0.4) is 0 Å². The number of aliphatic carboxylic acids is 2. The molecule has 1 heterocycles. The molecular formula is C27H21K2N3O10. The number of benzene rings is 3. The Bertz CT molecular complexity index is 1530. The van der Waals surface area contributed by atoms with Crippen LogP contribution in [0.5, 0.6) is 34.5 Å². The Hall–Kier alpha value is -2.32. The van der Waals surface area contributed by atoms with E-state index in [2.05, 4.69) is 15.0 Å². The molecule has 2 atom stereocenters. The first kappa shape index (κ1) is 35.9. The number of carbonyl (C=O) groups excluding carboxylic acids is 2. The third-order valence-electron chi connectivity index (χ3n) is 5.57. The smallest absolute Gasteiger partial charge is 0.546 e. The van der Waals surface area contributed by atoms with Gasteiger partial charge in [0.05, 0.1) is 28.6 Å². The summed E-state index contributed by atoms with van der Waals surface area (Å²) in [6.45, 7) is 2.52. The number of hydrogen-bond donors (Lipinski definition) is 4. The van der Waals surface area contributed by atoms with E-state index in [0.717, 1.165) is 18.2 Å². The minimum atomic E-state index is -1.45. The van der Waals surface area contributed by atoms with Crippen LogP contribution in [-0.4, -0.2) is 59.5 Å². The number of aromatic nitrogens is 3. The Labute approximate surface area is 324 Å². The zero-order valence-electron chi connectivity index (χ0n) is 22.9. The number of rotatable bonds is 9. The van der Waals surface area contributed by atoms with E-state index in [4.69, 9.17) is 9.47 Å². The van der Waals surface area contributed by atoms with Gasteiger partial charge >= 0.3 is 103 Å². The first-order valence-electron chi connectivity index (χ1n) is 11.6. The predicted octanol–water partition coefficient (Wildman–Crippen LogP) is -5.26. The van der Waals surface area contributed by atoms with Crippen molar-refractivity contribution in [3.05, 3.63) is 54.6 Å². The van der Waals surface area contributed by atoms with Gasteiger partial charge in [-0.15, -0.1) is 0 Å². The molecule has 15 heteroatoms. The topological polar surface area (TPSA) is 218 Å². The number of carboxylic acids is 2. The molecule has 0 aliphatic carbocycles. The molecule has 3 aromatic carbocycles. The summed E-state index contributed by atoms with van der Waals surface area (Å²) in [4.78, 5) is 35.0. The Morgan fingerprint density at radius 1 is 0.619 bits per heavy atom. The third kappa shape index (κ3) is 8.62. The molecule has 0 aliphatic rings. The fourth-order valence-corrected chi connectivity index (χ4v) is 3.50. The van der Waals surface area contributed by atoms with Gasteiger partial charge in [0.2, 0.25) is 0 Å². The maximum atomic E-state index is 11.0. The molecule has 2 unspecified atom stereocenters. The number of hydrogen-bond acceptors (Lipinski definition) is 13. The minimum Gasteiger partial charge on any atom is -0.546 e. The summed E-state index contributed by atoms with van der Waals surface area (Å²) >= 11 is 0. The molecular weight excluding hydrogens is 605 g/mol. The zero-order chi connectivity index (χ0) is 29.1. The minimum absolute atomic E-state index is 0. The van der Waals surface area contributed by atoms with E-state index >= 15 is 0 Å². The summed E-state index contributed by atoms with van der Waals surface area (Å²) in [5.41, 5.74) is 0.227. The number of carboxylic acid groups (broad SMARTS) is 2. The predicted molar refractivity (Wildman–Crippen MR) is 133 cm³/mol. The van der Waals surface area contributed by atoms with Crippen LogP contribution in [0.2, 0.25) is 0 Å². The quantitative estimate of drug-likeness (QED) is 0.128. The van der Waals surface area contributed by atoms with E-state index < -0.39 is 24.1 Å². The molecule has 0 radical (unpaired) electrons. The monoisotopic (exact) mass is 625 g/mol. The van der Waals surface area contributed by atoms with Gasteiger partial charge in [0.15, 0.2) is 17.5 Å². The normalized spacial score (nSPS) is 11.8. The van der Waals surface area contributed by atoms with Crippen molar-refractivity contribution in [2.75, 3.05) is 0 Å². The average Bonchev–Trinajstić information content (AvgIpc) is 2.88. The SMILES string of the molecule is CC(Oc1ccc(-c2nc(-c3ccc(O)cc3O)nc(-c3ccc(OC(C)C(=O)[O-])cc3O)n2)c(O)c1)C(=O)[O-].[K+].[K+]. The molecule has 0 aliphatic heterocycles. The molecule has 13 nitrogen and oxygen atoms in total. The number of nitrogens with zero attached hydrogens (tertiary/aromatic N) is 3. The first-order valence-corrected chi connectivity index (χ1v) is 11.6. The molecule has 4 rings (SSSR count). The van der Waals surface area contributed by atoms with Crippen molar-refractivity contribution in [1.82, 2.24) is 15.0 Å². The van der Waals surface area contributed by atoms with Crippen LogP contribution < -0.4 is 122 Å². The van der Waals surface area contributed by atoms with Gasteiger partial charge in [-0.2, -0.15) is 0 Å². The first-order chi connectivity index (χ1) is 18.9. The van der Waals surface area contributed by atoms with Gasteiger partial charge in [0.1, 0.15) is 46.7 Å². The Morgan fingerprint density at radius 2 is 0.952 bits per heavy atom. The molecule has 0 amide bonds. The summed E-state index contributed by atoms with van der Waals surface area (Å²) in [5, 5.41) is 63.4. The summed E-state index contributed by atoms with van der Waals surface area (Å²) in [7, 11) is 0. The van der Waals surface area contributed by atoms with Gasteiger partial charge in [-0.1, -0.05) is 0 Å². The second-order valence-corrected chi connectivity index (χ2v) is 8.52. The van der Waals surface area contributed by atoms with E-state index in [1.807, 2.05) is 0 Å². The van der Waals surface area contributed by atoms with Crippen molar-refractivity contribution < 1.29 is 152 Å². The van der Waals surface area contributed by atoms with Gasteiger partial charge in [0, 0.05) is 18.2 Å². The standard InChI is InChI=1S/C27H23N3O10.2K/c1-12(26(35)36)39-15-4-7-18(21(33)10-15)24-28-23(17-6-3-14(31)9-20(17)32)29-25(30-24)19-8-5-16(11-22(19)34)40-13(2)27(37)38;;/h3-13,31-34H,1-2H3,(H,35,36)(H,37,38);;/q;2*+1/p-2. The molecule has 0 spiro atoms. The van der Waals surface area contributed by atoms with Gasteiger partial charge < -0.3 is 49.7 Å². The van der Waals surface area contributed by atoms with Crippen LogP contribution in [0.1, 0.15) is 13.8 Å². The van der Waals surface area contributed by atoms with Gasteiger partial charge in [-0.3, -0.25) is 0 Å². The summed E-state index contributed by atoms with van der Waals surface area (Å²) < 4.78 is 10.4. The van der Waals surface area contributed by atoms with E-state index in [9.17, 15) is 40.2 Å². The van der Waals surface area contributed by atoms with Crippen LogP contribution in [0.4, 0.5) is 0 Å². The Balaban J connectivity index is 0.00000308. The van der Waals surface area contributed by atoms with Crippen molar-refractivity contribution in [2.45, 2.75) is 26.1 Å². The van der Waals surface area contributed by atoms with Crippen molar-refractivity contribution >= 4 is 11.9 Å². The maximum Gasteiger partial charge on any atom is 1.00 e. The second kappa shape index (κ2) is 15.4. The van der Waals surface area contributed by atoms with Crippen LogP contribution in [-0.2, 0) is 9.59 Å². The molecule has 0 bridgehead atoms. The van der Waals surface area contributed by atoms with Crippen molar-refractivity contribution in [2.24, 2.45) is 0 Å². The summed E-state index contributed by atoms with van der Waals surface area (Å²) in [6.07, 6.45) is -2.58. The Morgan fingerprint density at radius 3 is 1.26 bits per heavy atom. The van der Waals surface area contributed by atoms with Crippen molar-refractivity contribution in [1.29, 1.82) is 0 Å². The van der Waals surface area contributed by atoms with Gasteiger partial charge in [-0.05, 0) is 50.2 Å². The summed E-state index contributed by atoms with van der Waals surface area (Å²) in [6, 6.07) is 11.5. The van der Waals surface area contributed by atoms with Gasteiger partial charge in [0.25, 0.3) is 0 Å². The average molecular weight is 626 g/mol. The van der Waals surface area contributed by atoms with Crippen LogP contribution >= 0.6 is 0 Å². The van der Waals surface area contributed by atoms with Crippen molar-refractivity contribution in [3.8, 4) is 68.7 Å². The molecule has 42 heavy (non-hydrogen) atoms. The van der Waals surface area contributed by atoms with Crippen LogP contribution in [0.25, 0.3) is 34.2 Å². The molecule has 0 saturated carbocycles. The molecule has 4 N–H and O–H groups in total. The summed E-state index contributed by atoms with van der Waals surface area (Å²) in [5.74, 6) is -4.48. The van der Waals surface area contributed by atoms with Crippen LogP contribution in [0, 0.1) is 0 Å². The maximum absolute atomic E-state index is 11.0. The Kier molecular flexibility index (Phi) is 13.2. The van der Waals surface area contributed by atoms with E-state index in [1.165, 1.54) is 50.2 Å². The molecule has 4 aromatic rings. The fourth-order valence-electron chi connectivity index (χ4n) is 3.50. The van der Waals surface area contributed by atoms with E-state index in [0.29, 0.717) is 0 Å². The van der Waals surface area contributed by atoms with E-state index in [1.54, 1.807) is 0 Å². The largest absolute Gasteiger partial charge is 1.00 e. The molecule has 0 fully saturated rings. The zero-order valence-corrected chi connectivity index (χ0v) is 29.2. The number of aromatic hydroxyl groups is 4. The number of ether oxygens (including phenoxy) is 2.